The van der Waals surface area contributed by atoms with Crippen LogP contribution in [0, 0.1) is 6.92 Å². The van der Waals surface area contributed by atoms with E-state index in [1.807, 2.05) is 30.3 Å². The van der Waals surface area contributed by atoms with Crippen molar-refractivity contribution in [3.8, 4) is 10.8 Å². The molecule has 1 N–H and O–H groups in total. The van der Waals surface area contributed by atoms with E-state index < -0.39 is 40.6 Å². The van der Waals surface area contributed by atoms with Crippen LogP contribution in [0.25, 0.3) is 21.0 Å². The smallest absolute Gasteiger partial charge is 0.333 e. The van der Waals surface area contributed by atoms with Crippen molar-refractivity contribution in [3.63, 3.8) is 0 Å². The van der Waals surface area contributed by atoms with Crippen molar-refractivity contribution in [2.75, 3.05) is 6.61 Å². The maximum absolute atomic E-state index is 14.2. The van der Waals surface area contributed by atoms with Crippen LogP contribution in [0.2, 0.25) is 0 Å². The number of esters is 1. The average Bonchev–Trinajstić information content (AvgIpc) is 3.53. The SMILES string of the molecule is Cc1c(-c2ncco2)sc2c1c(=O)n(C(C)(C)C(=O)OC(C)(C)C)c(=O)n2C[C@H](O[C@H](C)CO)c1ccccc1. The van der Waals surface area contributed by atoms with Crippen LogP contribution in [0.4, 0.5) is 0 Å². The zero-order chi connectivity index (χ0) is 29.4. The predicted octanol–water partition coefficient (Wildman–Crippen LogP) is 4.40. The third kappa shape index (κ3) is 5.67. The van der Waals surface area contributed by atoms with Crippen molar-refractivity contribution in [1.29, 1.82) is 0 Å². The second kappa shape index (κ2) is 11.1. The molecule has 10 nitrogen and oxygen atoms in total. The maximum atomic E-state index is 14.2. The molecule has 4 rings (SSSR count). The number of carbonyl (C=O) groups excluding carboxylic acids is 1. The number of fused-ring (bicyclic) bond motifs is 1. The van der Waals surface area contributed by atoms with Gasteiger partial charge in [-0.25, -0.2) is 19.1 Å². The summed E-state index contributed by atoms with van der Waals surface area (Å²) in [5.41, 5.74) is -2.39. The fourth-order valence-corrected chi connectivity index (χ4v) is 5.66. The third-order valence-corrected chi connectivity index (χ3v) is 7.77. The van der Waals surface area contributed by atoms with Gasteiger partial charge in [0.25, 0.3) is 5.56 Å². The fraction of sp³-hybridized carbons (Fsp3) is 0.448. The summed E-state index contributed by atoms with van der Waals surface area (Å²) < 4.78 is 19.7. The lowest BCUT2D eigenvalue weighted by Gasteiger charge is -2.30. The molecule has 2 atom stereocenters. The Labute approximate surface area is 235 Å². The van der Waals surface area contributed by atoms with E-state index in [1.165, 1.54) is 42.2 Å². The van der Waals surface area contributed by atoms with Gasteiger partial charge in [0.15, 0.2) is 0 Å². The quantitative estimate of drug-likeness (QED) is 0.294. The van der Waals surface area contributed by atoms with Crippen molar-refractivity contribution >= 4 is 27.5 Å². The first kappa shape index (κ1) is 29.4. The van der Waals surface area contributed by atoms with Gasteiger partial charge < -0.3 is 19.0 Å². The Morgan fingerprint density at radius 1 is 1.15 bits per heavy atom. The van der Waals surface area contributed by atoms with Gasteiger partial charge in [-0.05, 0) is 59.6 Å². The minimum atomic E-state index is -1.63. The molecule has 3 aromatic heterocycles. The average molecular weight is 570 g/mol. The lowest BCUT2D eigenvalue weighted by Crippen LogP contribution is -2.54. The first-order chi connectivity index (χ1) is 18.8. The van der Waals surface area contributed by atoms with Gasteiger partial charge in [-0.15, -0.1) is 11.3 Å². The molecule has 4 aromatic rings. The Balaban J connectivity index is 2.01. The van der Waals surface area contributed by atoms with E-state index in [2.05, 4.69) is 4.98 Å². The summed E-state index contributed by atoms with van der Waals surface area (Å²) in [6, 6.07) is 9.33. The van der Waals surface area contributed by atoms with Crippen LogP contribution in [0.1, 0.15) is 58.8 Å². The van der Waals surface area contributed by atoms with E-state index in [0.717, 1.165) is 10.1 Å². The topological polar surface area (TPSA) is 126 Å². The van der Waals surface area contributed by atoms with Crippen LogP contribution < -0.4 is 11.2 Å². The predicted molar refractivity (Wildman–Crippen MR) is 153 cm³/mol. The summed E-state index contributed by atoms with van der Waals surface area (Å²) >= 11 is 1.21. The van der Waals surface area contributed by atoms with Crippen LogP contribution in [0.15, 0.2) is 56.8 Å². The van der Waals surface area contributed by atoms with Gasteiger partial charge in [0, 0.05) is 0 Å². The molecular weight excluding hydrogens is 534 g/mol. The van der Waals surface area contributed by atoms with Crippen molar-refractivity contribution in [1.82, 2.24) is 14.1 Å². The van der Waals surface area contributed by atoms with Gasteiger partial charge in [0.2, 0.25) is 5.89 Å². The Morgan fingerprint density at radius 3 is 2.40 bits per heavy atom. The number of nitrogens with zero attached hydrogens (tertiary/aromatic N) is 3. The van der Waals surface area contributed by atoms with E-state index in [0.29, 0.717) is 21.2 Å². The van der Waals surface area contributed by atoms with Gasteiger partial charge in [0.05, 0.1) is 35.7 Å². The zero-order valence-corrected chi connectivity index (χ0v) is 24.6. The van der Waals surface area contributed by atoms with Crippen molar-refractivity contribution < 1.29 is 23.8 Å². The summed E-state index contributed by atoms with van der Waals surface area (Å²) in [5.74, 6) is -0.393. The Morgan fingerprint density at radius 2 is 1.82 bits per heavy atom. The molecule has 0 aliphatic heterocycles. The Kier molecular flexibility index (Phi) is 8.21. The van der Waals surface area contributed by atoms with E-state index in [1.54, 1.807) is 34.6 Å². The van der Waals surface area contributed by atoms with E-state index >= 15 is 0 Å². The molecule has 40 heavy (non-hydrogen) atoms. The zero-order valence-electron chi connectivity index (χ0n) is 23.8. The number of hydrogen-bond acceptors (Lipinski definition) is 9. The number of aromatic nitrogens is 3. The highest BCUT2D eigenvalue weighted by molar-refractivity contribution is 7.22. The lowest BCUT2D eigenvalue weighted by atomic mass is 10.0. The largest absolute Gasteiger partial charge is 0.458 e. The summed E-state index contributed by atoms with van der Waals surface area (Å²) in [4.78, 5) is 46.8. The molecular formula is C29H35N3O7S. The molecule has 0 spiro atoms. The second-order valence-corrected chi connectivity index (χ2v) is 12.2. The highest BCUT2D eigenvalue weighted by atomic mass is 32.1. The number of aryl methyl sites for hydroxylation is 1. The number of rotatable bonds is 9. The van der Waals surface area contributed by atoms with Crippen molar-refractivity contribution in [2.24, 2.45) is 0 Å². The number of hydrogen-bond donors (Lipinski definition) is 1. The first-order valence-corrected chi connectivity index (χ1v) is 13.8. The normalized spacial score (nSPS) is 13.9. The van der Waals surface area contributed by atoms with E-state index in [4.69, 9.17) is 13.9 Å². The number of carbonyl (C=O) groups is 1. The number of thiophene rings is 1. The molecule has 0 aliphatic rings. The molecule has 214 valence electrons. The van der Waals surface area contributed by atoms with Crippen LogP contribution >= 0.6 is 11.3 Å². The molecule has 0 aliphatic carbocycles. The molecule has 1 aromatic carbocycles. The number of aliphatic hydroxyl groups is 1. The van der Waals surface area contributed by atoms with Crippen LogP contribution in [-0.2, 0) is 26.4 Å². The standard InChI is InChI=1S/C29H35N3O7S/c1-17(16-33)38-20(19-11-9-8-10-12-19)15-31-25-21(18(2)22(40-25)23-30-13-14-37-23)24(34)32(27(31)36)29(6,7)26(35)39-28(3,4)5/h8-14,17,20,33H,15-16H2,1-7H3/t17-,20+/m1/s1. The molecule has 0 saturated heterocycles. The third-order valence-electron chi connectivity index (χ3n) is 6.47. The summed E-state index contributed by atoms with van der Waals surface area (Å²) in [5, 5.41) is 9.98. The minimum Gasteiger partial charge on any atom is -0.458 e. The molecule has 3 heterocycles. The molecule has 0 fully saturated rings. The van der Waals surface area contributed by atoms with Crippen LogP contribution in [0.5, 0.6) is 0 Å². The number of oxazole rings is 1. The summed E-state index contributed by atoms with van der Waals surface area (Å²) in [6.45, 7) is 11.5. The van der Waals surface area contributed by atoms with Crippen LogP contribution in [0.3, 0.4) is 0 Å². The van der Waals surface area contributed by atoms with Crippen molar-refractivity contribution in [3.05, 3.63) is 74.8 Å². The molecule has 0 unspecified atom stereocenters. The van der Waals surface area contributed by atoms with E-state index in [9.17, 15) is 19.5 Å². The van der Waals surface area contributed by atoms with E-state index in [-0.39, 0.29) is 18.5 Å². The minimum absolute atomic E-state index is 0.0132. The van der Waals surface area contributed by atoms with Gasteiger partial charge in [-0.2, -0.15) is 0 Å². The number of benzene rings is 1. The Bertz CT molecular complexity index is 1610. The van der Waals surface area contributed by atoms with Crippen molar-refractivity contribution in [2.45, 2.75) is 78.4 Å². The highest BCUT2D eigenvalue weighted by Gasteiger charge is 2.39. The molecule has 0 amide bonds. The molecule has 0 bridgehead atoms. The molecule has 0 saturated carbocycles. The van der Waals surface area contributed by atoms with Crippen LogP contribution in [-0.4, -0.2) is 43.5 Å². The Hall–Kier alpha value is -3.54. The number of ether oxygens (including phenoxy) is 2. The molecule has 11 heteroatoms. The lowest BCUT2D eigenvalue weighted by molar-refractivity contribution is -0.164. The van der Waals surface area contributed by atoms with Gasteiger partial charge in [0.1, 0.15) is 28.3 Å². The fourth-order valence-electron chi connectivity index (χ4n) is 4.42. The second-order valence-electron chi connectivity index (χ2n) is 11.2. The molecule has 0 radical (unpaired) electrons. The highest BCUT2D eigenvalue weighted by Crippen LogP contribution is 2.36. The summed E-state index contributed by atoms with van der Waals surface area (Å²) in [6.07, 6.45) is 1.78. The summed E-state index contributed by atoms with van der Waals surface area (Å²) in [7, 11) is 0. The van der Waals surface area contributed by atoms with Gasteiger partial charge >= 0.3 is 11.7 Å². The van der Waals surface area contributed by atoms with Gasteiger partial charge in [-0.3, -0.25) is 9.36 Å². The number of aliphatic hydroxyl groups excluding tert-OH is 1. The van der Waals surface area contributed by atoms with Gasteiger partial charge in [-0.1, -0.05) is 30.3 Å². The monoisotopic (exact) mass is 569 g/mol. The first-order valence-electron chi connectivity index (χ1n) is 13.0. The maximum Gasteiger partial charge on any atom is 0.333 e.